The van der Waals surface area contributed by atoms with E-state index in [1.54, 1.807) is 0 Å². The van der Waals surface area contributed by atoms with Gasteiger partial charge in [-0.15, -0.1) is 0 Å². The molecule has 1 saturated heterocycles. The van der Waals surface area contributed by atoms with Gasteiger partial charge in [-0.3, -0.25) is 14.1 Å². The Kier molecular flexibility index (Phi) is 9.38. The van der Waals surface area contributed by atoms with Crippen molar-refractivity contribution in [2.45, 2.75) is 38.1 Å². The first-order valence-electron chi connectivity index (χ1n) is 10.9. The molecule has 0 amide bonds. The van der Waals surface area contributed by atoms with Crippen LogP contribution in [0.3, 0.4) is 0 Å². The van der Waals surface area contributed by atoms with Crippen LogP contribution in [0.4, 0.5) is 0 Å². The minimum Gasteiger partial charge on any atom is -0.357 e. The van der Waals surface area contributed by atoms with Crippen LogP contribution in [0.25, 0.3) is 0 Å². The second-order valence-corrected chi connectivity index (χ2v) is 9.32. The summed E-state index contributed by atoms with van der Waals surface area (Å²) in [5, 5.41) is 6.93. The summed E-state index contributed by atoms with van der Waals surface area (Å²) >= 11 is 0. The molecule has 2 aromatic rings. The Bertz CT molecular complexity index is 797. The van der Waals surface area contributed by atoms with E-state index in [0.717, 1.165) is 44.1 Å². The second-order valence-electron chi connectivity index (χ2n) is 7.74. The molecule has 0 radical (unpaired) electrons. The van der Waals surface area contributed by atoms with Gasteiger partial charge in [0.1, 0.15) is 0 Å². The number of nitrogens with zero attached hydrogens (tertiary/aromatic N) is 2. The van der Waals surface area contributed by atoms with E-state index in [1.807, 2.05) is 30.3 Å². The van der Waals surface area contributed by atoms with Crippen LogP contribution in [0.2, 0.25) is 0 Å². The lowest BCUT2D eigenvalue weighted by Crippen LogP contribution is -2.51. The van der Waals surface area contributed by atoms with Gasteiger partial charge in [0.2, 0.25) is 0 Å². The maximum absolute atomic E-state index is 12.4. The van der Waals surface area contributed by atoms with Gasteiger partial charge in [-0.1, -0.05) is 60.7 Å². The molecule has 6 heteroatoms. The first kappa shape index (κ1) is 22.5. The third-order valence-corrected chi connectivity index (χ3v) is 6.49. The van der Waals surface area contributed by atoms with Crippen LogP contribution in [0.1, 0.15) is 30.9 Å². The van der Waals surface area contributed by atoms with E-state index in [9.17, 15) is 4.21 Å². The van der Waals surface area contributed by atoms with Crippen LogP contribution < -0.4 is 10.6 Å². The highest BCUT2D eigenvalue weighted by atomic mass is 32.2. The fourth-order valence-electron chi connectivity index (χ4n) is 3.76. The van der Waals surface area contributed by atoms with E-state index >= 15 is 0 Å². The number of nitrogens with one attached hydrogen (secondary N) is 2. The normalized spacial score (nSPS) is 18.7. The largest absolute Gasteiger partial charge is 0.357 e. The molecule has 0 aliphatic carbocycles. The Morgan fingerprint density at radius 1 is 1.10 bits per heavy atom. The lowest BCUT2D eigenvalue weighted by Gasteiger charge is -2.34. The molecule has 3 rings (SSSR count). The van der Waals surface area contributed by atoms with Gasteiger partial charge in [0.15, 0.2) is 5.96 Å². The molecular weight excluding hydrogens is 392 g/mol. The minimum atomic E-state index is -0.897. The van der Waals surface area contributed by atoms with E-state index in [2.05, 4.69) is 57.8 Å². The fraction of sp³-hybridized carbons (Fsp3) is 0.458. The van der Waals surface area contributed by atoms with E-state index in [0.29, 0.717) is 24.1 Å². The van der Waals surface area contributed by atoms with Crippen LogP contribution in [-0.4, -0.2) is 53.0 Å². The number of benzene rings is 2. The lowest BCUT2D eigenvalue weighted by molar-refractivity contribution is 0.192. The molecule has 1 aliphatic heterocycles. The minimum absolute atomic E-state index is 0.384. The molecule has 0 spiro atoms. The number of guanidine groups is 1. The van der Waals surface area contributed by atoms with E-state index in [1.165, 1.54) is 12.0 Å². The Hall–Kier alpha value is -2.18. The summed E-state index contributed by atoms with van der Waals surface area (Å²) in [5.74, 6) is 2.01. The molecule has 1 aliphatic rings. The molecule has 162 valence electrons. The molecule has 2 unspecified atom stereocenters. The van der Waals surface area contributed by atoms with Gasteiger partial charge in [0.05, 0.1) is 6.54 Å². The van der Waals surface area contributed by atoms with Crippen molar-refractivity contribution >= 4 is 16.8 Å². The zero-order chi connectivity index (χ0) is 21.0. The molecule has 1 fully saturated rings. The first-order valence-corrected chi connectivity index (χ1v) is 12.4. The van der Waals surface area contributed by atoms with Crippen LogP contribution >= 0.6 is 0 Å². The SMILES string of the molecule is CCNC(=NCCS(=O)Cc1ccccc1)NC1CCCN(Cc2ccccc2)C1. The van der Waals surface area contributed by atoms with Gasteiger partial charge in [-0.25, -0.2) is 0 Å². The summed E-state index contributed by atoms with van der Waals surface area (Å²) in [5.41, 5.74) is 2.48. The number of hydrogen-bond donors (Lipinski definition) is 2. The Morgan fingerprint density at radius 3 is 2.50 bits per heavy atom. The first-order chi connectivity index (χ1) is 14.7. The monoisotopic (exact) mass is 426 g/mol. The molecule has 30 heavy (non-hydrogen) atoms. The Morgan fingerprint density at radius 2 is 1.80 bits per heavy atom. The van der Waals surface area contributed by atoms with Gasteiger partial charge < -0.3 is 10.6 Å². The molecule has 0 bridgehead atoms. The highest BCUT2D eigenvalue weighted by Crippen LogP contribution is 2.13. The fourth-order valence-corrected chi connectivity index (χ4v) is 4.77. The predicted molar refractivity (Wildman–Crippen MR) is 127 cm³/mol. The van der Waals surface area contributed by atoms with Crippen molar-refractivity contribution < 1.29 is 4.21 Å². The molecular formula is C24H34N4OS. The van der Waals surface area contributed by atoms with Crippen molar-refractivity contribution in [2.75, 3.05) is 31.9 Å². The number of rotatable bonds is 9. The van der Waals surface area contributed by atoms with Crippen molar-refractivity contribution in [1.82, 2.24) is 15.5 Å². The van der Waals surface area contributed by atoms with Crippen molar-refractivity contribution in [2.24, 2.45) is 4.99 Å². The van der Waals surface area contributed by atoms with Gasteiger partial charge in [-0.05, 0) is 37.4 Å². The number of hydrogen-bond acceptors (Lipinski definition) is 3. The third kappa shape index (κ3) is 7.92. The maximum Gasteiger partial charge on any atom is 0.191 e. The summed E-state index contributed by atoms with van der Waals surface area (Å²) in [6.07, 6.45) is 2.33. The summed E-state index contributed by atoms with van der Waals surface area (Å²) in [6.45, 7) is 6.60. The average molecular weight is 427 g/mol. The molecule has 0 aromatic heterocycles. The summed E-state index contributed by atoms with van der Waals surface area (Å²) in [4.78, 5) is 7.19. The number of likely N-dealkylation sites (tertiary alicyclic amines) is 1. The highest BCUT2D eigenvalue weighted by molar-refractivity contribution is 7.84. The van der Waals surface area contributed by atoms with Crippen molar-refractivity contribution in [3.05, 3.63) is 71.8 Å². The zero-order valence-electron chi connectivity index (χ0n) is 17.9. The average Bonchev–Trinajstić information content (AvgIpc) is 2.75. The molecule has 5 nitrogen and oxygen atoms in total. The smallest absolute Gasteiger partial charge is 0.191 e. The molecule has 1 heterocycles. The zero-order valence-corrected chi connectivity index (χ0v) is 18.7. The molecule has 2 N–H and O–H groups in total. The van der Waals surface area contributed by atoms with Crippen molar-refractivity contribution in [3.63, 3.8) is 0 Å². The van der Waals surface area contributed by atoms with Crippen LogP contribution in [0.15, 0.2) is 65.7 Å². The topological polar surface area (TPSA) is 56.7 Å². The van der Waals surface area contributed by atoms with Gasteiger partial charge in [0, 0.05) is 48.0 Å². The predicted octanol–water partition coefficient (Wildman–Crippen LogP) is 3.16. The summed E-state index contributed by atoms with van der Waals surface area (Å²) < 4.78 is 12.4. The van der Waals surface area contributed by atoms with Gasteiger partial charge in [0.25, 0.3) is 0 Å². The van der Waals surface area contributed by atoms with E-state index < -0.39 is 10.8 Å². The maximum atomic E-state index is 12.4. The Labute approximate surface area is 183 Å². The highest BCUT2D eigenvalue weighted by Gasteiger charge is 2.20. The standard InChI is InChI=1S/C24H34N4OS/c1-2-25-24(26-15-17-30(29)20-22-12-7-4-8-13-22)27-23-14-9-16-28(19-23)18-21-10-5-3-6-11-21/h3-8,10-13,23H,2,9,14-20H2,1H3,(H2,25,26,27). The van der Waals surface area contributed by atoms with E-state index in [-0.39, 0.29) is 0 Å². The quantitative estimate of drug-likeness (QED) is 0.478. The molecule has 2 atom stereocenters. The van der Waals surface area contributed by atoms with Crippen LogP contribution in [0.5, 0.6) is 0 Å². The lowest BCUT2D eigenvalue weighted by atomic mass is 10.0. The molecule has 0 saturated carbocycles. The van der Waals surface area contributed by atoms with Crippen molar-refractivity contribution in [3.8, 4) is 0 Å². The van der Waals surface area contributed by atoms with Gasteiger partial charge in [-0.2, -0.15) is 0 Å². The van der Waals surface area contributed by atoms with Crippen LogP contribution in [0, 0.1) is 0 Å². The summed E-state index contributed by atoms with van der Waals surface area (Å²) in [7, 11) is -0.897. The molecule has 2 aromatic carbocycles. The van der Waals surface area contributed by atoms with Gasteiger partial charge >= 0.3 is 0 Å². The number of piperidine rings is 1. The third-order valence-electron chi connectivity index (χ3n) is 5.20. The Balaban J connectivity index is 1.47. The number of aliphatic imine (C=N–C) groups is 1. The second kappa shape index (κ2) is 12.5. The summed E-state index contributed by atoms with van der Waals surface area (Å²) in [6, 6.07) is 21.1. The van der Waals surface area contributed by atoms with E-state index in [4.69, 9.17) is 0 Å². The van der Waals surface area contributed by atoms with Crippen LogP contribution in [-0.2, 0) is 23.1 Å². The van der Waals surface area contributed by atoms with Crippen molar-refractivity contribution in [1.29, 1.82) is 0 Å².